The van der Waals surface area contributed by atoms with E-state index in [9.17, 15) is 8.78 Å². The standard InChI is InChI=1S/C11H13F2NO/c1-14-6-11-8-5-10(13)9(12)4-7(8)2-3-15-11/h4-5,11,14H,2-3,6H2,1H3. The second-order valence-corrected chi connectivity index (χ2v) is 3.63. The number of halogens is 2. The van der Waals surface area contributed by atoms with Crippen LogP contribution in [0.1, 0.15) is 17.2 Å². The molecule has 0 spiro atoms. The van der Waals surface area contributed by atoms with Crippen molar-refractivity contribution in [1.29, 1.82) is 0 Å². The van der Waals surface area contributed by atoms with Gasteiger partial charge in [-0.05, 0) is 36.7 Å². The lowest BCUT2D eigenvalue weighted by molar-refractivity contribution is 0.0434. The Morgan fingerprint density at radius 3 is 2.87 bits per heavy atom. The lowest BCUT2D eigenvalue weighted by atomic mass is 9.97. The van der Waals surface area contributed by atoms with Gasteiger partial charge in [0.2, 0.25) is 0 Å². The summed E-state index contributed by atoms with van der Waals surface area (Å²) in [5.74, 6) is -1.58. The Labute approximate surface area is 87.2 Å². The third-order valence-electron chi connectivity index (χ3n) is 2.61. The first kappa shape index (κ1) is 10.5. The zero-order valence-corrected chi connectivity index (χ0v) is 8.52. The van der Waals surface area contributed by atoms with Crippen molar-refractivity contribution < 1.29 is 13.5 Å². The molecule has 0 bridgehead atoms. The molecule has 1 aromatic rings. The van der Waals surface area contributed by atoms with Crippen molar-refractivity contribution in [3.05, 3.63) is 34.9 Å². The zero-order chi connectivity index (χ0) is 10.8. The Balaban J connectivity index is 2.38. The molecule has 82 valence electrons. The summed E-state index contributed by atoms with van der Waals surface area (Å²) in [7, 11) is 1.80. The van der Waals surface area contributed by atoms with Crippen molar-refractivity contribution in [3.8, 4) is 0 Å². The van der Waals surface area contributed by atoms with Gasteiger partial charge in [-0.25, -0.2) is 8.78 Å². The van der Waals surface area contributed by atoms with E-state index in [0.29, 0.717) is 19.6 Å². The van der Waals surface area contributed by atoms with E-state index in [1.807, 2.05) is 0 Å². The van der Waals surface area contributed by atoms with Gasteiger partial charge in [0, 0.05) is 6.54 Å². The number of likely N-dealkylation sites (N-methyl/N-ethyl adjacent to an activating group) is 1. The molecule has 1 aromatic carbocycles. The number of hydrogen-bond acceptors (Lipinski definition) is 2. The molecule has 0 radical (unpaired) electrons. The van der Waals surface area contributed by atoms with Crippen LogP contribution < -0.4 is 5.32 Å². The maximum Gasteiger partial charge on any atom is 0.159 e. The Morgan fingerprint density at radius 1 is 1.40 bits per heavy atom. The smallest absolute Gasteiger partial charge is 0.159 e. The van der Waals surface area contributed by atoms with Crippen molar-refractivity contribution in [3.63, 3.8) is 0 Å². The van der Waals surface area contributed by atoms with Crippen molar-refractivity contribution in [2.24, 2.45) is 0 Å². The topological polar surface area (TPSA) is 21.3 Å². The summed E-state index contributed by atoms with van der Waals surface area (Å²) in [5, 5.41) is 2.97. The summed E-state index contributed by atoms with van der Waals surface area (Å²) in [6.07, 6.45) is 0.473. The van der Waals surface area contributed by atoms with Gasteiger partial charge in [0.1, 0.15) is 0 Å². The number of ether oxygens (including phenoxy) is 1. The summed E-state index contributed by atoms with van der Waals surface area (Å²) in [5.41, 5.74) is 1.61. The normalized spacial score (nSPS) is 20.1. The van der Waals surface area contributed by atoms with Gasteiger partial charge >= 0.3 is 0 Å². The van der Waals surface area contributed by atoms with Crippen LogP contribution in [-0.2, 0) is 11.2 Å². The Morgan fingerprint density at radius 2 is 2.13 bits per heavy atom. The van der Waals surface area contributed by atoms with Crippen LogP contribution in [0.15, 0.2) is 12.1 Å². The second-order valence-electron chi connectivity index (χ2n) is 3.63. The Kier molecular flexibility index (Phi) is 2.98. The highest BCUT2D eigenvalue weighted by Gasteiger charge is 2.22. The molecule has 0 saturated heterocycles. The number of rotatable bonds is 2. The highest BCUT2D eigenvalue weighted by Crippen LogP contribution is 2.28. The van der Waals surface area contributed by atoms with Crippen LogP contribution in [0, 0.1) is 11.6 Å². The van der Waals surface area contributed by atoms with Gasteiger partial charge in [0.15, 0.2) is 11.6 Å². The highest BCUT2D eigenvalue weighted by molar-refractivity contribution is 5.32. The van der Waals surface area contributed by atoms with E-state index in [4.69, 9.17) is 4.74 Å². The first-order valence-electron chi connectivity index (χ1n) is 4.96. The molecule has 0 aromatic heterocycles. The summed E-state index contributed by atoms with van der Waals surface area (Å²) in [4.78, 5) is 0. The molecule has 0 fully saturated rings. The third kappa shape index (κ3) is 2.01. The van der Waals surface area contributed by atoms with Crippen LogP contribution in [0.4, 0.5) is 8.78 Å². The van der Waals surface area contributed by atoms with Crippen molar-refractivity contribution >= 4 is 0 Å². The Hall–Kier alpha value is -1.00. The number of fused-ring (bicyclic) bond motifs is 1. The van der Waals surface area contributed by atoms with E-state index < -0.39 is 11.6 Å². The fourth-order valence-electron chi connectivity index (χ4n) is 1.87. The van der Waals surface area contributed by atoms with Crippen LogP contribution in [0.25, 0.3) is 0 Å². The lowest BCUT2D eigenvalue weighted by Crippen LogP contribution is -2.25. The minimum absolute atomic E-state index is 0.172. The predicted octanol–water partition coefficient (Wildman–Crippen LogP) is 1.80. The minimum atomic E-state index is -0.805. The first-order chi connectivity index (χ1) is 7.22. The van der Waals surface area contributed by atoms with Crippen LogP contribution >= 0.6 is 0 Å². The molecule has 1 unspecified atom stereocenters. The predicted molar refractivity (Wildman–Crippen MR) is 52.7 cm³/mol. The molecule has 4 heteroatoms. The fraction of sp³-hybridized carbons (Fsp3) is 0.455. The van der Waals surface area contributed by atoms with Gasteiger partial charge < -0.3 is 10.1 Å². The van der Waals surface area contributed by atoms with Crippen LogP contribution in [0.2, 0.25) is 0 Å². The molecule has 1 aliphatic heterocycles. The summed E-state index contributed by atoms with van der Waals surface area (Å²) >= 11 is 0. The fourth-order valence-corrected chi connectivity index (χ4v) is 1.87. The molecule has 0 amide bonds. The maximum absolute atomic E-state index is 13.1. The van der Waals surface area contributed by atoms with E-state index >= 15 is 0 Å². The van der Waals surface area contributed by atoms with Crippen LogP contribution in [0.3, 0.4) is 0 Å². The summed E-state index contributed by atoms with van der Waals surface area (Å²) < 4.78 is 31.5. The molecule has 0 saturated carbocycles. The molecule has 2 nitrogen and oxygen atoms in total. The molecule has 2 rings (SSSR count). The van der Waals surface area contributed by atoms with Gasteiger partial charge in [0.05, 0.1) is 12.7 Å². The van der Waals surface area contributed by atoms with E-state index in [1.165, 1.54) is 12.1 Å². The van der Waals surface area contributed by atoms with Gasteiger partial charge in [-0.3, -0.25) is 0 Å². The molecular weight excluding hydrogens is 200 g/mol. The van der Waals surface area contributed by atoms with Crippen LogP contribution in [-0.4, -0.2) is 20.2 Å². The van der Waals surface area contributed by atoms with Crippen LogP contribution in [0.5, 0.6) is 0 Å². The monoisotopic (exact) mass is 213 g/mol. The number of nitrogens with one attached hydrogen (secondary N) is 1. The van der Waals surface area contributed by atoms with E-state index in [1.54, 1.807) is 7.05 Å². The average molecular weight is 213 g/mol. The molecule has 15 heavy (non-hydrogen) atoms. The largest absolute Gasteiger partial charge is 0.372 e. The molecule has 1 aliphatic rings. The van der Waals surface area contributed by atoms with E-state index in [0.717, 1.165) is 11.1 Å². The van der Waals surface area contributed by atoms with Gasteiger partial charge in [-0.2, -0.15) is 0 Å². The molecule has 1 N–H and O–H groups in total. The highest BCUT2D eigenvalue weighted by atomic mass is 19.2. The first-order valence-corrected chi connectivity index (χ1v) is 4.96. The zero-order valence-electron chi connectivity index (χ0n) is 8.52. The Bertz CT molecular complexity index is 368. The van der Waals surface area contributed by atoms with E-state index in [2.05, 4.69) is 5.32 Å². The summed E-state index contributed by atoms with van der Waals surface area (Å²) in [6.45, 7) is 1.17. The molecule has 0 aliphatic carbocycles. The van der Waals surface area contributed by atoms with Gasteiger partial charge in [-0.1, -0.05) is 0 Å². The average Bonchev–Trinajstić information content (AvgIpc) is 2.21. The van der Waals surface area contributed by atoms with E-state index in [-0.39, 0.29) is 6.10 Å². The molecule has 1 atom stereocenters. The van der Waals surface area contributed by atoms with Crippen molar-refractivity contribution in [2.75, 3.05) is 20.2 Å². The van der Waals surface area contributed by atoms with Gasteiger partial charge in [-0.15, -0.1) is 0 Å². The van der Waals surface area contributed by atoms with Gasteiger partial charge in [0.25, 0.3) is 0 Å². The molecular formula is C11H13F2NO. The lowest BCUT2D eigenvalue weighted by Gasteiger charge is -2.26. The third-order valence-corrected chi connectivity index (χ3v) is 2.61. The SMILES string of the molecule is CNCC1OCCc2cc(F)c(F)cc21. The maximum atomic E-state index is 13.1. The second kappa shape index (κ2) is 4.24. The number of hydrogen-bond donors (Lipinski definition) is 1. The van der Waals surface area contributed by atoms with Crippen molar-refractivity contribution in [2.45, 2.75) is 12.5 Å². The summed E-state index contributed by atoms with van der Waals surface area (Å²) in [6, 6.07) is 2.52. The minimum Gasteiger partial charge on any atom is -0.372 e. The molecule has 1 heterocycles. The quantitative estimate of drug-likeness (QED) is 0.808. The van der Waals surface area contributed by atoms with Crippen molar-refractivity contribution in [1.82, 2.24) is 5.32 Å². The number of benzene rings is 1.